The Hall–Kier alpha value is -1.16. The Morgan fingerprint density at radius 1 is 1.24 bits per heavy atom. The van der Waals surface area contributed by atoms with Crippen molar-refractivity contribution >= 4 is 0 Å². The highest BCUT2D eigenvalue weighted by molar-refractivity contribution is 5.07. The summed E-state index contributed by atoms with van der Waals surface area (Å²) >= 11 is 0. The van der Waals surface area contributed by atoms with Gasteiger partial charge in [0.1, 0.15) is 0 Å². The average Bonchev–Trinajstić information content (AvgIpc) is 2.31. The fraction of sp³-hybridized carbons (Fsp3) is 0.692. The monoisotopic (exact) mass is 237 g/mol. The van der Waals surface area contributed by atoms with Crippen molar-refractivity contribution in [2.24, 2.45) is 5.92 Å². The molecule has 4 nitrogen and oxygen atoms in total. The lowest BCUT2D eigenvalue weighted by atomic mass is 10.1. The maximum atomic E-state index is 5.66. The summed E-state index contributed by atoms with van der Waals surface area (Å²) in [5, 5.41) is 3.29. The van der Waals surface area contributed by atoms with Crippen LogP contribution in [-0.4, -0.2) is 22.6 Å². The number of nitrogens with one attached hydrogen (secondary N) is 1. The van der Waals surface area contributed by atoms with Crippen molar-refractivity contribution in [1.82, 2.24) is 15.3 Å². The van der Waals surface area contributed by atoms with Crippen molar-refractivity contribution in [3.05, 3.63) is 18.1 Å². The normalized spacial score (nSPS) is 12.8. The molecule has 0 saturated heterocycles. The molecule has 17 heavy (non-hydrogen) atoms. The predicted molar refractivity (Wildman–Crippen MR) is 69.0 cm³/mol. The lowest BCUT2D eigenvalue weighted by molar-refractivity contribution is 0.162. The first-order chi connectivity index (χ1) is 8.13. The van der Waals surface area contributed by atoms with Gasteiger partial charge in [-0.05, 0) is 25.8 Å². The van der Waals surface area contributed by atoms with Gasteiger partial charge < -0.3 is 10.1 Å². The lowest BCUT2D eigenvalue weighted by Crippen LogP contribution is -2.19. The van der Waals surface area contributed by atoms with Crippen LogP contribution in [0.5, 0.6) is 5.88 Å². The topological polar surface area (TPSA) is 47.0 Å². The summed E-state index contributed by atoms with van der Waals surface area (Å²) in [5.74, 6) is 1.08. The van der Waals surface area contributed by atoms with Gasteiger partial charge >= 0.3 is 0 Å². The fourth-order valence-corrected chi connectivity index (χ4v) is 1.21. The number of rotatable bonds is 7. The highest BCUT2D eigenvalue weighted by atomic mass is 16.5. The highest BCUT2D eigenvalue weighted by Gasteiger charge is 2.09. The second kappa shape index (κ2) is 7.22. The molecular weight excluding hydrogens is 214 g/mol. The molecule has 0 aliphatic carbocycles. The number of ether oxygens (including phenoxy) is 1. The van der Waals surface area contributed by atoms with Gasteiger partial charge in [0.25, 0.3) is 0 Å². The summed E-state index contributed by atoms with van der Waals surface area (Å²) in [6.45, 7) is 10.2. The van der Waals surface area contributed by atoms with E-state index in [1.54, 1.807) is 12.4 Å². The third-order valence-electron chi connectivity index (χ3n) is 2.66. The molecule has 0 radical (unpaired) electrons. The molecule has 0 bridgehead atoms. The third-order valence-corrected chi connectivity index (χ3v) is 2.66. The Kier molecular flexibility index (Phi) is 5.91. The minimum absolute atomic E-state index is 0.161. The Bertz CT molecular complexity index is 311. The Labute approximate surface area is 104 Å². The first kappa shape index (κ1) is 13.9. The number of nitrogens with zero attached hydrogens (tertiary/aromatic N) is 2. The summed E-state index contributed by atoms with van der Waals surface area (Å²) in [6.07, 6.45) is 4.75. The van der Waals surface area contributed by atoms with Crippen LogP contribution in [0, 0.1) is 5.92 Å². The first-order valence-electron chi connectivity index (χ1n) is 6.31. The van der Waals surface area contributed by atoms with E-state index >= 15 is 0 Å². The molecule has 0 aliphatic rings. The van der Waals surface area contributed by atoms with Crippen molar-refractivity contribution < 1.29 is 4.74 Å². The molecule has 1 aromatic heterocycles. The van der Waals surface area contributed by atoms with Crippen LogP contribution in [-0.2, 0) is 6.54 Å². The van der Waals surface area contributed by atoms with E-state index in [2.05, 4.69) is 36.1 Å². The van der Waals surface area contributed by atoms with E-state index < -0.39 is 0 Å². The molecule has 0 spiro atoms. The maximum Gasteiger partial charge on any atom is 0.232 e. The average molecular weight is 237 g/mol. The number of aromatic nitrogens is 2. The summed E-state index contributed by atoms with van der Waals surface area (Å²) in [6, 6.07) is 0. The van der Waals surface area contributed by atoms with Gasteiger partial charge in [0, 0.05) is 6.54 Å². The molecule has 1 N–H and O–H groups in total. The highest BCUT2D eigenvalue weighted by Crippen LogP contribution is 2.11. The standard InChI is InChI=1S/C13H23N3O/c1-5-6-14-7-12-8-16-13(9-15-12)17-11(4)10(2)3/h8-11,14H,5-7H2,1-4H3. The quantitative estimate of drug-likeness (QED) is 0.740. The van der Waals surface area contributed by atoms with Crippen molar-refractivity contribution in [3.8, 4) is 5.88 Å². The van der Waals surface area contributed by atoms with Gasteiger partial charge in [-0.3, -0.25) is 4.98 Å². The van der Waals surface area contributed by atoms with Crippen molar-refractivity contribution in [2.45, 2.75) is 46.8 Å². The van der Waals surface area contributed by atoms with E-state index in [4.69, 9.17) is 4.74 Å². The van der Waals surface area contributed by atoms with Crippen molar-refractivity contribution in [3.63, 3.8) is 0 Å². The Morgan fingerprint density at radius 2 is 2.00 bits per heavy atom. The van der Waals surface area contributed by atoms with Crippen LogP contribution in [0.25, 0.3) is 0 Å². The van der Waals surface area contributed by atoms with Crippen LogP contribution < -0.4 is 10.1 Å². The van der Waals surface area contributed by atoms with Gasteiger partial charge in [0.15, 0.2) is 0 Å². The molecule has 1 unspecified atom stereocenters. The number of hydrogen-bond acceptors (Lipinski definition) is 4. The van der Waals surface area contributed by atoms with E-state index in [9.17, 15) is 0 Å². The molecule has 1 atom stereocenters. The molecule has 0 fully saturated rings. The summed E-state index contributed by atoms with van der Waals surface area (Å²) in [7, 11) is 0. The summed E-state index contributed by atoms with van der Waals surface area (Å²) < 4.78 is 5.66. The van der Waals surface area contributed by atoms with Gasteiger partial charge in [0.05, 0.1) is 24.2 Å². The third kappa shape index (κ3) is 5.13. The molecule has 1 rings (SSSR count). The Balaban J connectivity index is 2.44. The van der Waals surface area contributed by atoms with Crippen LogP contribution in [0.2, 0.25) is 0 Å². The van der Waals surface area contributed by atoms with Gasteiger partial charge in [-0.1, -0.05) is 20.8 Å². The van der Waals surface area contributed by atoms with Crippen molar-refractivity contribution in [1.29, 1.82) is 0 Å². The van der Waals surface area contributed by atoms with Crippen LogP contribution in [0.3, 0.4) is 0 Å². The predicted octanol–water partition coefficient (Wildman–Crippen LogP) is 2.40. The molecular formula is C13H23N3O. The number of hydrogen-bond donors (Lipinski definition) is 1. The Morgan fingerprint density at radius 3 is 2.53 bits per heavy atom. The minimum atomic E-state index is 0.161. The van der Waals surface area contributed by atoms with E-state index in [0.29, 0.717) is 11.8 Å². The molecule has 0 amide bonds. The van der Waals surface area contributed by atoms with Crippen LogP contribution in [0.1, 0.15) is 39.8 Å². The molecule has 0 aliphatic heterocycles. The zero-order chi connectivity index (χ0) is 12.7. The lowest BCUT2D eigenvalue weighted by Gasteiger charge is -2.16. The van der Waals surface area contributed by atoms with Crippen LogP contribution in [0.4, 0.5) is 0 Å². The molecule has 0 saturated carbocycles. The summed E-state index contributed by atoms with van der Waals surface area (Å²) in [4.78, 5) is 8.57. The van der Waals surface area contributed by atoms with Gasteiger partial charge in [0.2, 0.25) is 5.88 Å². The molecule has 96 valence electrons. The SMILES string of the molecule is CCCNCc1cnc(OC(C)C(C)C)cn1. The molecule has 1 heterocycles. The largest absolute Gasteiger partial charge is 0.473 e. The van der Waals surface area contributed by atoms with Gasteiger partial charge in [-0.25, -0.2) is 4.98 Å². The van der Waals surface area contributed by atoms with Crippen molar-refractivity contribution in [2.75, 3.05) is 6.54 Å². The second-order valence-electron chi connectivity index (χ2n) is 4.59. The van der Waals surface area contributed by atoms with Crippen LogP contribution >= 0.6 is 0 Å². The minimum Gasteiger partial charge on any atom is -0.473 e. The molecule has 0 aromatic carbocycles. The van der Waals surface area contributed by atoms with E-state index in [0.717, 1.165) is 25.2 Å². The van der Waals surface area contributed by atoms with E-state index in [1.165, 1.54) is 0 Å². The molecule has 1 aromatic rings. The zero-order valence-electron chi connectivity index (χ0n) is 11.2. The smallest absolute Gasteiger partial charge is 0.232 e. The maximum absolute atomic E-state index is 5.66. The zero-order valence-corrected chi connectivity index (χ0v) is 11.2. The fourth-order valence-electron chi connectivity index (χ4n) is 1.21. The van der Waals surface area contributed by atoms with E-state index in [1.807, 2.05) is 6.92 Å². The first-order valence-corrected chi connectivity index (χ1v) is 6.31. The second-order valence-corrected chi connectivity index (χ2v) is 4.59. The molecule has 4 heteroatoms. The van der Waals surface area contributed by atoms with Gasteiger partial charge in [-0.2, -0.15) is 0 Å². The van der Waals surface area contributed by atoms with Gasteiger partial charge in [-0.15, -0.1) is 0 Å². The van der Waals surface area contributed by atoms with E-state index in [-0.39, 0.29) is 6.10 Å². The van der Waals surface area contributed by atoms with Crippen LogP contribution in [0.15, 0.2) is 12.4 Å². The summed E-state index contributed by atoms with van der Waals surface area (Å²) in [5.41, 5.74) is 0.947.